The molecule has 2 saturated carbocycles. The minimum absolute atomic E-state index is 0.685. The Kier molecular flexibility index (Phi) is 4.62. The third kappa shape index (κ3) is 4.04. The monoisotopic (exact) mass is 226 g/mol. The molecular formula is C13H26N2O. The zero-order valence-electron chi connectivity index (χ0n) is 10.7. The second kappa shape index (κ2) is 5.99. The van der Waals surface area contributed by atoms with Crippen LogP contribution in [0.25, 0.3) is 0 Å². The van der Waals surface area contributed by atoms with E-state index in [1.807, 2.05) is 0 Å². The van der Waals surface area contributed by atoms with E-state index in [-0.39, 0.29) is 0 Å². The number of nitrogens with one attached hydrogen (secondary N) is 1. The van der Waals surface area contributed by atoms with Crippen LogP contribution in [-0.2, 0) is 4.74 Å². The largest absolute Gasteiger partial charge is 0.383 e. The van der Waals surface area contributed by atoms with Crippen molar-refractivity contribution in [2.75, 3.05) is 33.4 Å². The lowest BCUT2D eigenvalue weighted by Gasteiger charge is -2.29. The lowest BCUT2D eigenvalue weighted by atomic mass is 10.2. The van der Waals surface area contributed by atoms with Crippen LogP contribution in [0.1, 0.15) is 32.6 Å². The van der Waals surface area contributed by atoms with Crippen LogP contribution in [0.15, 0.2) is 0 Å². The first kappa shape index (κ1) is 12.3. The Morgan fingerprint density at radius 2 is 2.06 bits per heavy atom. The summed E-state index contributed by atoms with van der Waals surface area (Å²) in [5.41, 5.74) is 0. The fraction of sp³-hybridized carbons (Fsp3) is 1.00. The molecule has 0 aromatic carbocycles. The molecule has 2 rings (SSSR count). The van der Waals surface area contributed by atoms with Gasteiger partial charge in [-0.05, 0) is 38.5 Å². The molecule has 0 aliphatic heterocycles. The lowest BCUT2D eigenvalue weighted by Crippen LogP contribution is -2.43. The van der Waals surface area contributed by atoms with E-state index in [0.717, 1.165) is 31.7 Å². The molecule has 3 nitrogen and oxygen atoms in total. The molecule has 0 aromatic heterocycles. The molecule has 1 atom stereocenters. The maximum atomic E-state index is 5.04. The summed E-state index contributed by atoms with van der Waals surface area (Å²) in [6.45, 7) is 6.60. The summed E-state index contributed by atoms with van der Waals surface area (Å²) in [5.74, 6) is 1.02. The highest BCUT2D eigenvalue weighted by Gasteiger charge is 2.35. The van der Waals surface area contributed by atoms with Gasteiger partial charge in [0, 0.05) is 38.8 Å². The number of hydrogen-bond donors (Lipinski definition) is 1. The van der Waals surface area contributed by atoms with Crippen molar-refractivity contribution in [3.63, 3.8) is 0 Å². The molecule has 1 N–H and O–H groups in total. The summed E-state index contributed by atoms with van der Waals surface area (Å²) in [6, 6.07) is 1.59. The van der Waals surface area contributed by atoms with Crippen LogP contribution in [0.3, 0.4) is 0 Å². The fourth-order valence-electron chi connectivity index (χ4n) is 2.30. The number of hydrogen-bond acceptors (Lipinski definition) is 3. The highest BCUT2D eigenvalue weighted by molar-refractivity contribution is 4.91. The standard InChI is InChI=1S/C13H26N2O/c1-11(9-14-7-8-16-2)15(13-5-6-13)10-12-3-4-12/h11-14H,3-10H2,1-2H3. The van der Waals surface area contributed by atoms with Gasteiger partial charge >= 0.3 is 0 Å². The second-order valence-corrected chi connectivity index (χ2v) is 5.42. The summed E-state index contributed by atoms with van der Waals surface area (Å²) >= 11 is 0. The number of ether oxygens (including phenoxy) is 1. The topological polar surface area (TPSA) is 24.5 Å². The van der Waals surface area contributed by atoms with Gasteiger partial charge in [0.25, 0.3) is 0 Å². The van der Waals surface area contributed by atoms with Gasteiger partial charge in [-0.15, -0.1) is 0 Å². The van der Waals surface area contributed by atoms with Crippen LogP contribution in [0.2, 0.25) is 0 Å². The van der Waals surface area contributed by atoms with Gasteiger partial charge in [0.1, 0.15) is 0 Å². The van der Waals surface area contributed by atoms with E-state index in [1.165, 1.54) is 32.2 Å². The first-order valence-electron chi connectivity index (χ1n) is 6.76. The van der Waals surface area contributed by atoms with E-state index < -0.39 is 0 Å². The quantitative estimate of drug-likeness (QED) is 0.603. The van der Waals surface area contributed by atoms with Crippen LogP contribution in [-0.4, -0.2) is 50.3 Å². The van der Waals surface area contributed by atoms with Crippen molar-refractivity contribution in [3.05, 3.63) is 0 Å². The smallest absolute Gasteiger partial charge is 0.0587 e. The Hall–Kier alpha value is -0.120. The van der Waals surface area contributed by atoms with E-state index in [2.05, 4.69) is 17.1 Å². The molecule has 0 heterocycles. The van der Waals surface area contributed by atoms with E-state index in [0.29, 0.717) is 6.04 Å². The highest BCUT2D eigenvalue weighted by Crippen LogP contribution is 2.35. The molecule has 0 amide bonds. The van der Waals surface area contributed by atoms with Crippen LogP contribution < -0.4 is 5.32 Å². The third-order valence-corrected chi connectivity index (χ3v) is 3.67. The fourth-order valence-corrected chi connectivity index (χ4v) is 2.30. The SMILES string of the molecule is COCCNCC(C)N(CC1CC1)C1CC1. The molecule has 0 bridgehead atoms. The van der Waals surface area contributed by atoms with Crippen LogP contribution in [0.5, 0.6) is 0 Å². The van der Waals surface area contributed by atoms with Crippen molar-refractivity contribution in [1.82, 2.24) is 10.2 Å². The summed E-state index contributed by atoms with van der Waals surface area (Å²) in [6.07, 6.45) is 5.78. The molecular weight excluding hydrogens is 200 g/mol. The second-order valence-electron chi connectivity index (χ2n) is 5.42. The van der Waals surface area contributed by atoms with Crippen molar-refractivity contribution in [1.29, 1.82) is 0 Å². The highest BCUT2D eigenvalue weighted by atomic mass is 16.5. The van der Waals surface area contributed by atoms with Crippen LogP contribution in [0, 0.1) is 5.92 Å². The Labute approximate surface area is 99.5 Å². The maximum absolute atomic E-state index is 5.04. The molecule has 0 spiro atoms. The molecule has 0 saturated heterocycles. The summed E-state index contributed by atoms with van der Waals surface area (Å²) in [7, 11) is 1.76. The van der Waals surface area contributed by atoms with E-state index in [4.69, 9.17) is 4.74 Å². The number of methoxy groups -OCH3 is 1. The molecule has 0 radical (unpaired) electrons. The molecule has 1 unspecified atom stereocenters. The van der Waals surface area contributed by atoms with Crippen LogP contribution >= 0.6 is 0 Å². The molecule has 16 heavy (non-hydrogen) atoms. The molecule has 2 aliphatic carbocycles. The normalized spacial score (nSPS) is 22.7. The molecule has 2 aliphatic rings. The third-order valence-electron chi connectivity index (χ3n) is 3.67. The predicted molar refractivity (Wildman–Crippen MR) is 66.7 cm³/mol. The van der Waals surface area contributed by atoms with Gasteiger partial charge in [0.05, 0.1) is 6.61 Å². The van der Waals surface area contributed by atoms with Gasteiger partial charge < -0.3 is 10.1 Å². The van der Waals surface area contributed by atoms with Gasteiger partial charge in [-0.1, -0.05) is 0 Å². The molecule has 94 valence electrons. The van der Waals surface area contributed by atoms with Crippen molar-refractivity contribution < 1.29 is 4.74 Å². The molecule has 3 heteroatoms. The summed E-state index contributed by atoms with van der Waals surface area (Å²) in [4.78, 5) is 2.73. The minimum Gasteiger partial charge on any atom is -0.383 e. The first-order chi connectivity index (χ1) is 7.81. The minimum atomic E-state index is 0.685. The first-order valence-corrected chi connectivity index (χ1v) is 6.76. The summed E-state index contributed by atoms with van der Waals surface area (Å²) < 4.78 is 5.04. The van der Waals surface area contributed by atoms with Gasteiger partial charge in [0.2, 0.25) is 0 Å². The Morgan fingerprint density at radius 3 is 2.62 bits per heavy atom. The zero-order chi connectivity index (χ0) is 11.4. The maximum Gasteiger partial charge on any atom is 0.0587 e. The zero-order valence-corrected chi connectivity index (χ0v) is 10.7. The van der Waals surface area contributed by atoms with Gasteiger partial charge in [-0.2, -0.15) is 0 Å². The van der Waals surface area contributed by atoms with Gasteiger partial charge in [-0.3, -0.25) is 4.90 Å². The molecule has 2 fully saturated rings. The van der Waals surface area contributed by atoms with E-state index in [1.54, 1.807) is 7.11 Å². The lowest BCUT2D eigenvalue weighted by molar-refractivity contribution is 0.172. The summed E-state index contributed by atoms with van der Waals surface area (Å²) in [5, 5.41) is 3.48. The van der Waals surface area contributed by atoms with Crippen molar-refractivity contribution in [2.45, 2.75) is 44.7 Å². The van der Waals surface area contributed by atoms with Crippen molar-refractivity contribution in [2.24, 2.45) is 5.92 Å². The molecule has 0 aromatic rings. The van der Waals surface area contributed by atoms with Crippen molar-refractivity contribution >= 4 is 0 Å². The van der Waals surface area contributed by atoms with Crippen LogP contribution in [0.4, 0.5) is 0 Å². The Bertz CT molecular complexity index is 202. The van der Waals surface area contributed by atoms with Gasteiger partial charge in [-0.25, -0.2) is 0 Å². The van der Waals surface area contributed by atoms with Crippen molar-refractivity contribution in [3.8, 4) is 0 Å². The Balaban J connectivity index is 1.64. The van der Waals surface area contributed by atoms with E-state index in [9.17, 15) is 0 Å². The Morgan fingerprint density at radius 1 is 1.31 bits per heavy atom. The number of rotatable bonds is 9. The average molecular weight is 226 g/mol. The number of nitrogens with zero attached hydrogens (tertiary/aromatic N) is 1. The average Bonchev–Trinajstić information content (AvgIpc) is 3.14. The predicted octanol–water partition coefficient (Wildman–Crippen LogP) is 1.49. The van der Waals surface area contributed by atoms with Gasteiger partial charge in [0.15, 0.2) is 0 Å². The van der Waals surface area contributed by atoms with E-state index >= 15 is 0 Å².